The number of halogens is 3. The fourth-order valence-electron chi connectivity index (χ4n) is 1.95. The van der Waals surface area contributed by atoms with E-state index >= 15 is 0 Å². The fourth-order valence-corrected chi connectivity index (χ4v) is 1.95. The summed E-state index contributed by atoms with van der Waals surface area (Å²) in [6.07, 6.45) is 0.792. The van der Waals surface area contributed by atoms with E-state index in [0.717, 1.165) is 0 Å². The van der Waals surface area contributed by atoms with Crippen LogP contribution in [0, 0.1) is 17.8 Å². The zero-order valence-corrected chi connectivity index (χ0v) is 6.24. The van der Waals surface area contributed by atoms with Crippen molar-refractivity contribution in [1.29, 1.82) is 0 Å². The molecule has 1 saturated carbocycles. The van der Waals surface area contributed by atoms with Gasteiger partial charge in [0.2, 0.25) is 0 Å². The van der Waals surface area contributed by atoms with E-state index in [9.17, 15) is 13.2 Å². The topological polar surface area (TPSA) is 9.23 Å². The molecule has 2 saturated heterocycles. The first-order chi connectivity index (χ1) is 5.43. The van der Waals surface area contributed by atoms with Gasteiger partial charge >= 0.3 is 6.18 Å². The van der Waals surface area contributed by atoms with Gasteiger partial charge < -0.3 is 4.74 Å². The second-order valence-electron chi connectivity index (χ2n) is 3.56. The van der Waals surface area contributed by atoms with Gasteiger partial charge in [0, 0.05) is 12.8 Å². The summed E-state index contributed by atoms with van der Waals surface area (Å²) in [5.74, 6) is 2.28. The largest absolute Gasteiger partial charge is 0.397 e. The van der Waals surface area contributed by atoms with Crippen LogP contribution in [-0.2, 0) is 4.74 Å². The van der Waals surface area contributed by atoms with Crippen molar-refractivity contribution in [3.8, 4) is 12.3 Å². The van der Waals surface area contributed by atoms with Crippen molar-refractivity contribution in [2.45, 2.75) is 24.6 Å². The Bertz CT molecular complexity index is 254. The van der Waals surface area contributed by atoms with Crippen LogP contribution >= 0.6 is 0 Å². The maximum absolute atomic E-state index is 12.3. The molecule has 2 bridgehead atoms. The predicted octanol–water partition coefficient (Wildman–Crippen LogP) is 1.73. The molecule has 3 rings (SSSR count). The third kappa shape index (κ3) is 0.700. The molecule has 0 N–H and O–H groups in total. The van der Waals surface area contributed by atoms with Crippen LogP contribution in [0.5, 0.6) is 0 Å². The van der Waals surface area contributed by atoms with Crippen LogP contribution < -0.4 is 0 Å². The standard InChI is InChI=1S/C8H7F3O/c1-2-7-3-6(4-7,5-12-7)8(9,10)11/h1H,3-5H2. The average molecular weight is 176 g/mol. The summed E-state index contributed by atoms with van der Waals surface area (Å²) in [5.41, 5.74) is -2.52. The third-order valence-corrected chi connectivity index (χ3v) is 2.74. The SMILES string of the molecule is C#CC12CC(C(F)(F)F)(CO1)C2. The van der Waals surface area contributed by atoms with Crippen LogP contribution in [0.1, 0.15) is 12.8 Å². The maximum atomic E-state index is 12.3. The summed E-state index contributed by atoms with van der Waals surface area (Å²) in [5, 5.41) is 0. The van der Waals surface area contributed by atoms with Crippen molar-refractivity contribution in [2.24, 2.45) is 5.41 Å². The third-order valence-electron chi connectivity index (χ3n) is 2.74. The highest BCUT2D eigenvalue weighted by molar-refractivity contribution is 5.26. The normalized spacial score (nSPS) is 45.2. The van der Waals surface area contributed by atoms with Gasteiger partial charge in [0.05, 0.1) is 12.0 Å². The predicted molar refractivity (Wildman–Crippen MR) is 35.2 cm³/mol. The molecule has 0 atom stereocenters. The molecule has 4 heteroatoms. The maximum Gasteiger partial charge on any atom is 0.397 e. The molecule has 0 aromatic carbocycles. The summed E-state index contributed by atoms with van der Waals surface area (Å²) in [6.45, 7) is -0.263. The second-order valence-corrected chi connectivity index (χ2v) is 3.56. The highest BCUT2D eigenvalue weighted by Crippen LogP contribution is 2.64. The van der Waals surface area contributed by atoms with Crippen LogP contribution in [0.2, 0.25) is 0 Å². The molecule has 0 radical (unpaired) electrons. The number of hydrogen-bond donors (Lipinski definition) is 0. The van der Waals surface area contributed by atoms with Gasteiger partial charge in [-0.15, -0.1) is 6.42 Å². The molecule has 12 heavy (non-hydrogen) atoms. The highest BCUT2D eigenvalue weighted by Gasteiger charge is 2.73. The molecular weight excluding hydrogens is 169 g/mol. The molecule has 2 aliphatic heterocycles. The summed E-state index contributed by atoms with van der Waals surface area (Å²) in [6, 6.07) is 0. The Morgan fingerprint density at radius 3 is 2.17 bits per heavy atom. The molecule has 3 aliphatic rings. The molecule has 0 amide bonds. The Labute approximate surface area is 67.9 Å². The van der Waals surface area contributed by atoms with E-state index in [0.29, 0.717) is 0 Å². The number of alkyl halides is 3. The summed E-state index contributed by atoms with van der Waals surface area (Å²) in [4.78, 5) is 0. The van der Waals surface area contributed by atoms with Crippen molar-refractivity contribution in [3.05, 3.63) is 0 Å². The van der Waals surface area contributed by atoms with Crippen molar-refractivity contribution < 1.29 is 17.9 Å². The minimum atomic E-state index is -4.16. The number of hydrogen-bond acceptors (Lipinski definition) is 1. The zero-order valence-electron chi connectivity index (χ0n) is 6.24. The fraction of sp³-hybridized carbons (Fsp3) is 0.750. The minimum Gasteiger partial charge on any atom is -0.361 e. The van der Waals surface area contributed by atoms with Crippen molar-refractivity contribution in [2.75, 3.05) is 6.61 Å². The lowest BCUT2D eigenvalue weighted by atomic mass is 9.62. The Hall–Kier alpha value is -0.690. The van der Waals surface area contributed by atoms with E-state index in [4.69, 9.17) is 11.2 Å². The van der Waals surface area contributed by atoms with E-state index in [-0.39, 0.29) is 19.4 Å². The molecule has 1 nitrogen and oxygen atoms in total. The van der Waals surface area contributed by atoms with Crippen molar-refractivity contribution in [3.63, 3.8) is 0 Å². The molecule has 0 spiro atoms. The lowest BCUT2D eigenvalue weighted by Crippen LogP contribution is -2.51. The van der Waals surface area contributed by atoms with Crippen LogP contribution in [0.15, 0.2) is 0 Å². The Kier molecular flexibility index (Phi) is 1.19. The Morgan fingerprint density at radius 2 is 1.92 bits per heavy atom. The number of ether oxygens (including phenoxy) is 1. The van der Waals surface area contributed by atoms with Gasteiger partial charge in [-0.25, -0.2) is 0 Å². The smallest absolute Gasteiger partial charge is 0.361 e. The molecular formula is C8H7F3O. The van der Waals surface area contributed by atoms with Gasteiger partial charge in [-0.1, -0.05) is 5.92 Å². The van der Waals surface area contributed by atoms with E-state index in [1.165, 1.54) is 0 Å². The first-order valence-electron chi connectivity index (χ1n) is 3.62. The molecule has 1 aliphatic carbocycles. The first-order valence-corrected chi connectivity index (χ1v) is 3.62. The van der Waals surface area contributed by atoms with Gasteiger partial charge in [0.15, 0.2) is 0 Å². The summed E-state index contributed by atoms with van der Waals surface area (Å²) in [7, 11) is 0. The molecule has 66 valence electrons. The zero-order chi connectivity index (χ0) is 9.04. The summed E-state index contributed by atoms with van der Waals surface area (Å²) >= 11 is 0. The lowest BCUT2D eigenvalue weighted by molar-refractivity contribution is -0.238. The number of terminal acetylenes is 1. The van der Waals surface area contributed by atoms with Gasteiger partial charge in [0.1, 0.15) is 5.60 Å². The van der Waals surface area contributed by atoms with Gasteiger partial charge in [-0.2, -0.15) is 13.2 Å². The number of fused-ring (bicyclic) bond motifs is 1. The van der Waals surface area contributed by atoms with E-state index < -0.39 is 17.2 Å². The van der Waals surface area contributed by atoms with Crippen LogP contribution in [0.3, 0.4) is 0 Å². The molecule has 0 aromatic heterocycles. The van der Waals surface area contributed by atoms with Crippen molar-refractivity contribution in [1.82, 2.24) is 0 Å². The van der Waals surface area contributed by atoms with E-state index in [2.05, 4.69) is 5.92 Å². The average Bonchev–Trinajstić information content (AvgIpc) is 2.37. The molecule has 0 aromatic rings. The van der Waals surface area contributed by atoms with E-state index in [1.54, 1.807) is 0 Å². The quantitative estimate of drug-likeness (QED) is 0.511. The summed E-state index contributed by atoms with van der Waals surface area (Å²) < 4.78 is 42.0. The van der Waals surface area contributed by atoms with Gasteiger partial charge in [-0.3, -0.25) is 0 Å². The number of rotatable bonds is 0. The molecule has 2 heterocycles. The van der Waals surface area contributed by atoms with Crippen LogP contribution in [0.4, 0.5) is 13.2 Å². The first kappa shape index (κ1) is 7.93. The second kappa shape index (κ2) is 1.80. The Balaban J connectivity index is 2.21. The monoisotopic (exact) mass is 176 g/mol. The van der Waals surface area contributed by atoms with Crippen LogP contribution in [-0.4, -0.2) is 18.4 Å². The van der Waals surface area contributed by atoms with Crippen molar-refractivity contribution >= 4 is 0 Å². The van der Waals surface area contributed by atoms with E-state index in [1.807, 2.05) is 0 Å². The van der Waals surface area contributed by atoms with Gasteiger partial charge in [0.25, 0.3) is 0 Å². The molecule has 3 fully saturated rings. The van der Waals surface area contributed by atoms with Crippen LogP contribution in [0.25, 0.3) is 0 Å². The Morgan fingerprint density at radius 1 is 1.33 bits per heavy atom. The minimum absolute atomic E-state index is 0.0556. The lowest BCUT2D eigenvalue weighted by Gasteiger charge is -2.42. The van der Waals surface area contributed by atoms with Gasteiger partial charge in [-0.05, 0) is 0 Å². The highest BCUT2D eigenvalue weighted by atomic mass is 19.4. The molecule has 0 unspecified atom stereocenters.